The van der Waals surface area contributed by atoms with Gasteiger partial charge in [-0.05, 0) is 35.7 Å². The average molecular weight is 395 g/mol. The molecule has 0 saturated heterocycles. The number of carbonyl (C=O) groups is 2. The molecule has 0 saturated carbocycles. The lowest BCUT2D eigenvalue weighted by atomic mass is 9.99. The summed E-state index contributed by atoms with van der Waals surface area (Å²) in [6, 6.07) is 21.5. The monoisotopic (exact) mass is 395 g/mol. The number of amides is 1. The maximum Gasteiger partial charge on any atom is 0.338 e. The lowest BCUT2D eigenvalue weighted by Crippen LogP contribution is -2.33. The van der Waals surface area contributed by atoms with Crippen molar-refractivity contribution in [2.24, 2.45) is 0 Å². The molecule has 0 aromatic heterocycles. The van der Waals surface area contributed by atoms with E-state index in [1.807, 2.05) is 60.7 Å². The van der Waals surface area contributed by atoms with Crippen molar-refractivity contribution in [1.82, 2.24) is 5.32 Å². The van der Waals surface area contributed by atoms with Gasteiger partial charge in [0.05, 0.1) is 11.6 Å². The molecule has 0 aliphatic rings. The summed E-state index contributed by atoms with van der Waals surface area (Å²) in [6.07, 6.45) is 0.563. The number of ether oxygens (including phenoxy) is 1. The molecule has 4 nitrogen and oxygen atoms in total. The van der Waals surface area contributed by atoms with Crippen molar-refractivity contribution < 1.29 is 23.1 Å². The van der Waals surface area contributed by atoms with E-state index in [1.165, 1.54) is 0 Å². The zero-order valence-electron chi connectivity index (χ0n) is 15.5. The van der Waals surface area contributed by atoms with Gasteiger partial charge in [-0.3, -0.25) is 4.79 Å². The number of hydrogen-bond donors (Lipinski definition) is 1. The third-order valence-corrected chi connectivity index (χ3v) is 4.31. The molecule has 0 heterocycles. The maximum atomic E-state index is 13.2. The van der Waals surface area contributed by atoms with Crippen LogP contribution in [0, 0.1) is 11.6 Å². The Morgan fingerprint density at radius 3 is 2.17 bits per heavy atom. The fourth-order valence-corrected chi connectivity index (χ4v) is 2.86. The Morgan fingerprint density at radius 1 is 0.862 bits per heavy atom. The van der Waals surface area contributed by atoms with Crippen LogP contribution in [0.25, 0.3) is 0 Å². The molecule has 0 bridgehead atoms. The molecule has 3 aromatic carbocycles. The zero-order valence-corrected chi connectivity index (χ0v) is 15.5. The number of halogens is 2. The standard InChI is InChI=1S/C23H19F2NO3/c24-19-12-11-18(14-20(19)25)23(28)29-15-22(27)26-21(17-9-5-2-6-10-17)13-16-7-3-1-4-8-16/h1-12,14,21H,13,15H2,(H,26,27). The van der Waals surface area contributed by atoms with Gasteiger partial charge in [-0.15, -0.1) is 0 Å². The molecule has 148 valence electrons. The minimum absolute atomic E-state index is 0.166. The Labute approximate surface area is 167 Å². The van der Waals surface area contributed by atoms with E-state index in [9.17, 15) is 18.4 Å². The molecular formula is C23H19F2NO3. The Hall–Kier alpha value is -3.54. The highest BCUT2D eigenvalue weighted by Gasteiger charge is 2.17. The second kappa shape index (κ2) is 9.59. The molecule has 0 aliphatic heterocycles. The van der Waals surface area contributed by atoms with Crippen LogP contribution >= 0.6 is 0 Å². The summed E-state index contributed by atoms with van der Waals surface area (Å²) in [6.45, 7) is -0.532. The van der Waals surface area contributed by atoms with Gasteiger partial charge in [-0.25, -0.2) is 13.6 Å². The minimum atomic E-state index is -1.16. The Bertz CT molecular complexity index is 978. The summed E-state index contributed by atoms with van der Waals surface area (Å²) in [5.74, 6) is -3.62. The molecule has 1 amide bonds. The number of esters is 1. The van der Waals surface area contributed by atoms with E-state index in [0.717, 1.165) is 29.3 Å². The van der Waals surface area contributed by atoms with Crippen LogP contribution in [0.4, 0.5) is 8.78 Å². The van der Waals surface area contributed by atoms with Gasteiger partial charge in [0.25, 0.3) is 5.91 Å². The Balaban J connectivity index is 1.63. The topological polar surface area (TPSA) is 55.4 Å². The third-order valence-electron chi connectivity index (χ3n) is 4.31. The first-order valence-corrected chi connectivity index (χ1v) is 9.03. The first-order chi connectivity index (χ1) is 14.0. The van der Waals surface area contributed by atoms with E-state index in [4.69, 9.17) is 4.74 Å². The van der Waals surface area contributed by atoms with E-state index in [0.29, 0.717) is 6.42 Å². The summed E-state index contributed by atoms with van der Waals surface area (Å²) in [5, 5.41) is 2.86. The van der Waals surface area contributed by atoms with Crippen LogP contribution in [0.3, 0.4) is 0 Å². The van der Waals surface area contributed by atoms with E-state index in [-0.39, 0.29) is 11.6 Å². The van der Waals surface area contributed by atoms with Crippen LogP contribution in [0.15, 0.2) is 78.9 Å². The quantitative estimate of drug-likeness (QED) is 0.610. The van der Waals surface area contributed by atoms with Crippen molar-refractivity contribution in [3.8, 4) is 0 Å². The Kier molecular flexibility index (Phi) is 6.68. The SMILES string of the molecule is O=C(COC(=O)c1ccc(F)c(F)c1)NC(Cc1ccccc1)c1ccccc1. The van der Waals surface area contributed by atoms with Gasteiger partial charge in [-0.2, -0.15) is 0 Å². The third kappa shape index (κ3) is 5.72. The second-order valence-electron chi connectivity index (χ2n) is 6.43. The van der Waals surface area contributed by atoms with Crippen molar-refractivity contribution in [1.29, 1.82) is 0 Å². The summed E-state index contributed by atoms with van der Waals surface area (Å²) >= 11 is 0. The summed E-state index contributed by atoms with van der Waals surface area (Å²) in [4.78, 5) is 24.3. The first kappa shape index (κ1) is 20.2. The fraction of sp³-hybridized carbons (Fsp3) is 0.130. The van der Waals surface area contributed by atoms with Gasteiger partial charge in [0.1, 0.15) is 0 Å². The molecule has 6 heteroatoms. The van der Waals surface area contributed by atoms with Crippen LogP contribution in [0.2, 0.25) is 0 Å². The Morgan fingerprint density at radius 2 is 1.52 bits per heavy atom. The molecule has 0 aliphatic carbocycles. The molecule has 1 unspecified atom stereocenters. The fourth-order valence-electron chi connectivity index (χ4n) is 2.86. The van der Waals surface area contributed by atoms with Gasteiger partial charge >= 0.3 is 5.97 Å². The van der Waals surface area contributed by atoms with E-state index in [2.05, 4.69) is 5.32 Å². The molecule has 0 fully saturated rings. The number of carbonyl (C=O) groups excluding carboxylic acids is 2. The summed E-state index contributed by atoms with van der Waals surface area (Å²) < 4.78 is 31.1. The van der Waals surface area contributed by atoms with E-state index >= 15 is 0 Å². The molecule has 3 rings (SSSR count). The predicted octanol–water partition coefficient (Wildman–Crippen LogP) is 4.22. The van der Waals surface area contributed by atoms with E-state index in [1.54, 1.807) is 0 Å². The van der Waals surface area contributed by atoms with Crippen LogP contribution in [-0.4, -0.2) is 18.5 Å². The first-order valence-electron chi connectivity index (χ1n) is 9.03. The second-order valence-corrected chi connectivity index (χ2v) is 6.43. The van der Waals surface area contributed by atoms with Gasteiger partial charge in [0.15, 0.2) is 18.2 Å². The number of hydrogen-bond acceptors (Lipinski definition) is 3. The van der Waals surface area contributed by atoms with Crippen LogP contribution in [0.1, 0.15) is 27.5 Å². The van der Waals surface area contributed by atoms with Crippen molar-refractivity contribution >= 4 is 11.9 Å². The van der Waals surface area contributed by atoms with Crippen LogP contribution in [0.5, 0.6) is 0 Å². The number of nitrogens with one attached hydrogen (secondary N) is 1. The molecule has 1 N–H and O–H groups in total. The highest BCUT2D eigenvalue weighted by atomic mass is 19.2. The summed E-state index contributed by atoms with van der Waals surface area (Å²) in [7, 11) is 0. The highest BCUT2D eigenvalue weighted by molar-refractivity contribution is 5.91. The number of rotatable bonds is 7. The maximum absolute atomic E-state index is 13.2. The smallest absolute Gasteiger partial charge is 0.338 e. The molecule has 1 atom stereocenters. The van der Waals surface area contributed by atoms with Gasteiger partial charge in [0.2, 0.25) is 0 Å². The van der Waals surface area contributed by atoms with Gasteiger partial charge in [-0.1, -0.05) is 60.7 Å². The zero-order chi connectivity index (χ0) is 20.6. The average Bonchev–Trinajstić information content (AvgIpc) is 2.75. The lowest BCUT2D eigenvalue weighted by molar-refractivity contribution is -0.125. The van der Waals surface area contributed by atoms with Crippen LogP contribution in [-0.2, 0) is 16.0 Å². The minimum Gasteiger partial charge on any atom is -0.452 e. The van der Waals surface area contributed by atoms with Crippen molar-refractivity contribution in [2.45, 2.75) is 12.5 Å². The van der Waals surface area contributed by atoms with Crippen molar-refractivity contribution in [3.05, 3.63) is 107 Å². The van der Waals surface area contributed by atoms with Gasteiger partial charge < -0.3 is 10.1 Å². The largest absolute Gasteiger partial charge is 0.452 e. The van der Waals surface area contributed by atoms with Crippen molar-refractivity contribution in [3.63, 3.8) is 0 Å². The molecular weight excluding hydrogens is 376 g/mol. The molecule has 3 aromatic rings. The highest BCUT2D eigenvalue weighted by Crippen LogP contribution is 2.18. The number of benzene rings is 3. The normalized spacial score (nSPS) is 11.5. The van der Waals surface area contributed by atoms with Crippen molar-refractivity contribution in [2.75, 3.05) is 6.61 Å². The van der Waals surface area contributed by atoms with Gasteiger partial charge in [0, 0.05) is 0 Å². The van der Waals surface area contributed by atoms with E-state index < -0.39 is 30.1 Å². The summed E-state index contributed by atoms with van der Waals surface area (Å²) in [5.41, 5.74) is 1.79. The van der Waals surface area contributed by atoms with Crippen LogP contribution < -0.4 is 5.32 Å². The molecule has 29 heavy (non-hydrogen) atoms. The molecule has 0 spiro atoms. The lowest BCUT2D eigenvalue weighted by Gasteiger charge is -2.19. The predicted molar refractivity (Wildman–Crippen MR) is 104 cm³/mol. The molecule has 0 radical (unpaired) electrons.